The summed E-state index contributed by atoms with van der Waals surface area (Å²) >= 11 is 0. The van der Waals surface area contributed by atoms with Crippen molar-refractivity contribution in [3.8, 4) is 0 Å². The monoisotopic (exact) mass is 319 g/mol. The molecule has 0 aromatic carbocycles. The topological polar surface area (TPSA) is 45.6 Å². The number of nitrogens with zero attached hydrogens (tertiary/aromatic N) is 3. The van der Waals surface area contributed by atoms with Gasteiger partial charge in [-0.1, -0.05) is 0 Å². The number of amides is 2. The predicted molar refractivity (Wildman–Crippen MR) is 82.9 cm³/mol. The number of carbonyl (C=O) groups is 2. The molecule has 2 fully saturated rings. The zero-order chi connectivity index (χ0) is 16.0. The highest BCUT2D eigenvalue weighted by atomic mass is 19.1. The lowest BCUT2D eigenvalue weighted by atomic mass is 10.2. The molecular weight excluding hydrogens is 297 g/mol. The van der Waals surface area contributed by atoms with Crippen molar-refractivity contribution < 1.29 is 14.0 Å². The molecule has 1 aromatic rings. The van der Waals surface area contributed by atoms with Crippen LogP contribution in [0.3, 0.4) is 0 Å². The summed E-state index contributed by atoms with van der Waals surface area (Å²) in [7, 11) is 0. The van der Waals surface area contributed by atoms with E-state index >= 15 is 0 Å². The molecule has 0 atom stereocenters. The van der Waals surface area contributed by atoms with Gasteiger partial charge < -0.3 is 14.4 Å². The van der Waals surface area contributed by atoms with Gasteiger partial charge in [-0.2, -0.15) is 0 Å². The molecule has 1 saturated carbocycles. The van der Waals surface area contributed by atoms with Gasteiger partial charge in [-0.15, -0.1) is 0 Å². The summed E-state index contributed by atoms with van der Waals surface area (Å²) in [5, 5.41) is 0. The Balaban J connectivity index is 1.51. The Labute approximate surface area is 135 Å². The van der Waals surface area contributed by atoms with E-state index in [1.54, 1.807) is 4.90 Å². The molecule has 0 bridgehead atoms. The zero-order valence-electron chi connectivity index (χ0n) is 13.3. The van der Waals surface area contributed by atoms with Crippen LogP contribution in [0.5, 0.6) is 0 Å². The Morgan fingerprint density at radius 2 is 1.70 bits per heavy atom. The third kappa shape index (κ3) is 2.54. The molecular formula is C17H22FN3O2. The Kier molecular flexibility index (Phi) is 3.43. The van der Waals surface area contributed by atoms with Gasteiger partial charge >= 0.3 is 0 Å². The maximum atomic E-state index is 14.0. The highest BCUT2D eigenvalue weighted by molar-refractivity contribution is 5.93. The molecule has 6 heteroatoms. The molecule has 3 aliphatic rings. The minimum Gasteiger partial charge on any atom is -0.339 e. The van der Waals surface area contributed by atoms with E-state index in [2.05, 4.69) is 0 Å². The number of aromatic nitrogens is 1. The van der Waals surface area contributed by atoms with E-state index in [0.29, 0.717) is 44.6 Å². The standard InChI is InChI=1S/C17H22FN3O2/c18-17(6-7-17)16(23)20-10-5-13-3-4-14(21(13)12-11-20)15(22)19-8-1-2-9-19/h3-4H,1-2,5-12H2. The van der Waals surface area contributed by atoms with Crippen LogP contribution in [0.15, 0.2) is 12.1 Å². The number of hydrogen-bond acceptors (Lipinski definition) is 2. The lowest BCUT2D eigenvalue weighted by Crippen LogP contribution is -2.40. The maximum absolute atomic E-state index is 14.0. The van der Waals surface area contributed by atoms with Crippen molar-refractivity contribution in [3.05, 3.63) is 23.5 Å². The van der Waals surface area contributed by atoms with Crippen molar-refractivity contribution in [2.45, 2.75) is 44.3 Å². The molecule has 1 aromatic heterocycles. The summed E-state index contributed by atoms with van der Waals surface area (Å²) in [6, 6.07) is 3.87. The van der Waals surface area contributed by atoms with Gasteiger partial charge in [0.15, 0.2) is 5.67 Å². The molecule has 3 heterocycles. The predicted octanol–water partition coefficient (Wildman–Crippen LogP) is 1.61. The van der Waals surface area contributed by atoms with Crippen molar-refractivity contribution in [1.29, 1.82) is 0 Å². The van der Waals surface area contributed by atoms with Crippen LogP contribution in [0.25, 0.3) is 0 Å². The lowest BCUT2D eigenvalue weighted by molar-refractivity contribution is -0.138. The quantitative estimate of drug-likeness (QED) is 0.831. The van der Waals surface area contributed by atoms with Gasteiger partial charge in [0.25, 0.3) is 11.8 Å². The Morgan fingerprint density at radius 3 is 2.39 bits per heavy atom. The average molecular weight is 319 g/mol. The first-order valence-electron chi connectivity index (χ1n) is 8.54. The van der Waals surface area contributed by atoms with Crippen molar-refractivity contribution in [3.63, 3.8) is 0 Å². The number of likely N-dealkylation sites (tertiary alicyclic amines) is 1. The van der Waals surface area contributed by atoms with Crippen LogP contribution < -0.4 is 0 Å². The van der Waals surface area contributed by atoms with E-state index in [4.69, 9.17) is 0 Å². The van der Waals surface area contributed by atoms with Crippen LogP contribution in [-0.2, 0) is 17.8 Å². The third-order valence-corrected chi connectivity index (χ3v) is 5.27. The zero-order valence-corrected chi connectivity index (χ0v) is 13.3. The van der Waals surface area contributed by atoms with Crippen molar-refractivity contribution in [1.82, 2.24) is 14.4 Å². The summed E-state index contributed by atoms with van der Waals surface area (Å²) in [4.78, 5) is 28.4. The van der Waals surface area contributed by atoms with E-state index in [9.17, 15) is 14.0 Å². The van der Waals surface area contributed by atoms with Crippen molar-refractivity contribution in [2.24, 2.45) is 0 Å². The van der Waals surface area contributed by atoms with Crippen LogP contribution in [0.1, 0.15) is 41.9 Å². The summed E-state index contributed by atoms with van der Waals surface area (Å²) in [5.41, 5.74) is 0.164. The van der Waals surface area contributed by atoms with Crippen molar-refractivity contribution in [2.75, 3.05) is 26.2 Å². The first-order chi connectivity index (χ1) is 11.1. The minimum absolute atomic E-state index is 0.0812. The van der Waals surface area contributed by atoms with E-state index < -0.39 is 5.67 Å². The Bertz CT molecular complexity index is 644. The van der Waals surface area contributed by atoms with E-state index in [1.807, 2.05) is 21.6 Å². The second-order valence-electron chi connectivity index (χ2n) is 6.87. The number of hydrogen-bond donors (Lipinski definition) is 0. The SMILES string of the molecule is O=C(c1ccc2n1CCN(C(=O)C1(F)CC1)CC2)N1CCCC1. The van der Waals surface area contributed by atoms with Gasteiger partial charge in [-0.3, -0.25) is 9.59 Å². The number of halogens is 1. The molecule has 124 valence electrons. The number of fused-ring (bicyclic) bond motifs is 1. The van der Waals surface area contributed by atoms with Gasteiger partial charge in [-0.25, -0.2) is 4.39 Å². The summed E-state index contributed by atoms with van der Waals surface area (Å²) in [6.07, 6.45) is 3.52. The van der Waals surface area contributed by atoms with Gasteiger partial charge in [0.05, 0.1) is 0 Å². The van der Waals surface area contributed by atoms with E-state index in [-0.39, 0.29) is 11.8 Å². The number of alkyl halides is 1. The summed E-state index contributed by atoms with van der Waals surface area (Å²) in [5.74, 6) is -0.284. The van der Waals surface area contributed by atoms with Gasteiger partial charge in [0.2, 0.25) is 0 Å². The molecule has 2 aliphatic heterocycles. The number of carbonyl (C=O) groups excluding carboxylic acids is 2. The molecule has 4 rings (SSSR count). The molecule has 0 radical (unpaired) electrons. The second-order valence-corrected chi connectivity index (χ2v) is 6.87. The molecule has 1 saturated heterocycles. The van der Waals surface area contributed by atoms with Gasteiger partial charge in [0, 0.05) is 44.8 Å². The highest BCUT2D eigenvalue weighted by Crippen LogP contribution is 2.41. The molecule has 2 amide bonds. The third-order valence-electron chi connectivity index (χ3n) is 5.27. The van der Waals surface area contributed by atoms with Gasteiger partial charge in [-0.05, 0) is 37.8 Å². The minimum atomic E-state index is -1.60. The normalized spacial score (nSPS) is 22.7. The fraction of sp³-hybridized carbons (Fsp3) is 0.647. The van der Waals surface area contributed by atoms with Crippen LogP contribution in [-0.4, -0.2) is 58.0 Å². The number of rotatable bonds is 2. The average Bonchev–Trinajstić information content (AvgIpc) is 2.99. The van der Waals surface area contributed by atoms with Gasteiger partial charge in [0.1, 0.15) is 5.69 Å². The first kappa shape index (κ1) is 14.7. The molecule has 5 nitrogen and oxygen atoms in total. The van der Waals surface area contributed by atoms with Crippen LogP contribution in [0.2, 0.25) is 0 Å². The molecule has 0 N–H and O–H groups in total. The Hall–Kier alpha value is -1.85. The second kappa shape index (κ2) is 5.35. The molecule has 23 heavy (non-hydrogen) atoms. The smallest absolute Gasteiger partial charge is 0.270 e. The largest absolute Gasteiger partial charge is 0.339 e. The summed E-state index contributed by atoms with van der Waals surface area (Å²) < 4.78 is 16.0. The summed E-state index contributed by atoms with van der Waals surface area (Å²) in [6.45, 7) is 3.24. The highest BCUT2D eigenvalue weighted by Gasteiger charge is 2.52. The van der Waals surface area contributed by atoms with Crippen LogP contribution in [0, 0.1) is 0 Å². The maximum Gasteiger partial charge on any atom is 0.270 e. The fourth-order valence-electron chi connectivity index (χ4n) is 3.65. The lowest BCUT2D eigenvalue weighted by Gasteiger charge is -2.22. The van der Waals surface area contributed by atoms with Crippen LogP contribution in [0.4, 0.5) is 4.39 Å². The molecule has 1 aliphatic carbocycles. The van der Waals surface area contributed by atoms with E-state index in [0.717, 1.165) is 31.6 Å². The van der Waals surface area contributed by atoms with Crippen molar-refractivity contribution >= 4 is 11.8 Å². The first-order valence-corrected chi connectivity index (χ1v) is 8.54. The Morgan fingerprint density at radius 1 is 0.957 bits per heavy atom. The molecule has 0 spiro atoms. The van der Waals surface area contributed by atoms with E-state index in [1.165, 1.54) is 0 Å². The molecule has 0 unspecified atom stereocenters. The fourth-order valence-corrected chi connectivity index (χ4v) is 3.65. The van der Waals surface area contributed by atoms with Crippen LogP contribution >= 0.6 is 0 Å².